The molecule has 1 atom stereocenters. The molecule has 0 saturated carbocycles. The first-order valence-electron chi connectivity index (χ1n) is 19.3. The number of ketones is 3. The van der Waals surface area contributed by atoms with Crippen LogP contribution in [0, 0.1) is 6.92 Å². The quantitative estimate of drug-likeness (QED) is 0.0769. The Morgan fingerprint density at radius 3 is 2.07 bits per heavy atom. The molecule has 0 aliphatic heterocycles. The number of rotatable bonds is 14. The van der Waals surface area contributed by atoms with Crippen molar-refractivity contribution in [1.82, 2.24) is 39.5 Å². The van der Waals surface area contributed by atoms with E-state index >= 15 is 0 Å². The predicted octanol–water partition coefficient (Wildman–Crippen LogP) is 9.00. The highest BCUT2D eigenvalue weighted by molar-refractivity contribution is 8.00. The lowest BCUT2D eigenvalue weighted by molar-refractivity contribution is -0.118. The molecular formula is C45H44N8O3S2. The van der Waals surface area contributed by atoms with Crippen LogP contribution in [0.25, 0.3) is 44.1 Å². The van der Waals surface area contributed by atoms with Crippen LogP contribution in [0.5, 0.6) is 0 Å². The maximum absolute atomic E-state index is 13.0. The van der Waals surface area contributed by atoms with Crippen LogP contribution in [0.1, 0.15) is 60.7 Å². The zero-order valence-electron chi connectivity index (χ0n) is 33.2. The van der Waals surface area contributed by atoms with E-state index in [9.17, 15) is 14.4 Å². The van der Waals surface area contributed by atoms with Crippen LogP contribution in [-0.2, 0) is 36.0 Å². The minimum atomic E-state index is -0.278. The van der Waals surface area contributed by atoms with Crippen molar-refractivity contribution >= 4 is 85.0 Å². The van der Waals surface area contributed by atoms with Crippen LogP contribution >= 0.6 is 23.5 Å². The number of benzene rings is 4. The smallest absolute Gasteiger partial charge is 0.211 e. The molecule has 1 unspecified atom stereocenters. The molecule has 0 amide bonds. The average molecular weight is 809 g/mol. The zero-order chi connectivity index (χ0) is 40.8. The molecule has 4 aromatic heterocycles. The maximum Gasteiger partial charge on any atom is 0.211 e. The normalized spacial score (nSPS) is 11.9. The average Bonchev–Trinajstić information content (AvgIpc) is 3.70. The van der Waals surface area contributed by atoms with Crippen molar-refractivity contribution in [1.29, 1.82) is 0 Å². The number of carbonyl (C=O) groups is 3. The van der Waals surface area contributed by atoms with Crippen LogP contribution < -0.4 is 0 Å². The van der Waals surface area contributed by atoms with Gasteiger partial charge in [0.05, 0.1) is 22.0 Å². The molecule has 8 rings (SSSR count). The van der Waals surface area contributed by atoms with E-state index < -0.39 is 0 Å². The molecule has 4 aromatic carbocycles. The highest BCUT2D eigenvalue weighted by Gasteiger charge is 2.22. The molecule has 0 bridgehead atoms. The van der Waals surface area contributed by atoms with Crippen molar-refractivity contribution in [2.45, 2.75) is 75.5 Å². The number of hydrogen-bond donors (Lipinski definition) is 0. The van der Waals surface area contributed by atoms with Crippen LogP contribution in [-0.4, -0.2) is 67.8 Å². The summed E-state index contributed by atoms with van der Waals surface area (Å²) < 4.78 is 4.19. The van der Waals surface area contributed by atoms with Crippen LogP contribution in [0.15, 0.2) is 107 Å². The number of nitrogens with zero attached hydrogens (tertiary/aromatic N) is 8. The molecule has 0 radical (unpaired) electrons. The van der Waals surface area contributed by atoms with Gasteiger partial charge >= 0.3 is 0 Å². The first kappa shape index (κ1) is 40.4. The Balaban J connectivity index is 0.000000180. The third kappa shape index (κ3) is 9.00. The van der Waals surface area contributed by atoms with Gasteiger partial charge in [0, 0.05) is 42.8 Å². The van der Waals surface area contributed by atoms with E-state index in [0.717, 1.165) is 68.2 Å². The van der Waals surface area contributed by atoms with Crippen molar-refractivity contribution < 1.29 is 14.4 Å². The molecule has 11 nitrogen and oxygen atoms in total. The number of aromatic nitrogens is 8. The third-order valence-electron chi connectivity index (χ3n) is 9.86. The molecule has 8 aromatic rings. The Hall–Kier alpha value is -5.79. The molecule has 0 saturated heterocycles. The Kier molecular flexibility index (Phi) is 12.7. The number of fused-ring (bicyclic) bond motifs is 6. The summed E-state index contributed by atoms with van der Waals surface area (Å²) in [5.41, 5.74) is 9.04. The lowest BCUT2D eigenvalue weighted by Crippen LogP contribution is -2.19. The molecule has 0 aliphatic rings. The van der Waals surface area contributed by atoms with E-state index in [2.05, 4.69) is 42.9 Å². The number of thioether (sulfide) groups is 2. The summed E-state index contributed by atoms with van der Waals surface area (Å²) in [7, 11) is 1.97. The highest BCUT2D eigenvalue weighted by Crippen LogP contribution is 2.30. The second-order valence-corrected chi connectivity index (χ2v) is 16.3. The molecule has 0 spiro atoms. The summed E-state index contributed by atoms with van der Waals surface area (Å²) in [5.74, 6) is 0.580. The molecule has 4 heterocycles. The van der Waals surface area contributed by atoms with E-state index in [0.29, 0.717) is 34.5 Å². The molecular weight excluding hydrogens is 765 g/mol. The van der Waals surface area contributed by atoms with E-state index in [-0.39, 0.29) is 29.0 Å². The standard InChI is InChI=1S/C25H26N4O2S.C20H18N4OS/c1-4-13-29-20-12-7-6-11-19(20)23-24(29)26-25(28-27-23)32-22(5-2)21(31)15-17-9-8-10-18(14-17)16(3)30;1-13-7-9-14(10-8-13)11-15(25)12-26-20-21-19-18(22-23-20)16-5-3-4-6-17(16)24(19)2/h6-12,14,22H,4-5,13,15H2,1-3H3;3-10H,11-12H2,1-2H3. The summed E-state index contributed by atoms with van der Waals surface area (Å²) >= 11 is 2.70. The minimum absolute atomic E-state index is 0.00374. The highest BCUT2D eigenvalue weighted by atomic mass is 32.2. The molecule has 294 valence electrons. The lowest BCUT2D eigenvalue weighted by Gasteiger charge is -2.13. The van der Waals surface area contributed by atoms with E-state index in [1.54, 1.807) is 12.1 Å². The van der Waals surface area contributed by atoms with Gasteiger partial charge in [-0.3, -0.25) is 14.4 Å². The van der Waals surface area contributed by atoms with E-state index in [4.69, 9.17) is 4.98 Å². The van der Waals surface area contributed by atoms with Crippen LogP contribution in [0.2, 0.25) is 0 Å². The Bertz CT molecular complexity index is 2780. The van der Waals surface area contributed by atoms with Gasteiger partial charge in [-0.15, -0.1) is 20.4 Å². The fourth-order valence-electron chi connectivity index (χ4n) is 6.89. The van der Waals surface area contributed by atoms with Gasteiger partial charge in [-0.25, -0.2) is 9.97 Å². The van der Waals surface area contributed by atoms with Gasteiger partial charge in [-0.1, -0.05) is 122 Å². The molecule has 58 heavy (non-hydrogen) atoms. The van der Waals surface area contributed by atoms with Crippen molar-refractivity contribution in [2.75, 3.05) is 5.75 Å². The molecule has 0 N–H and O–H groups in total. The second-order valence-electron chi connectivity index (χ2n) is 14.2. The van der Waals surface area contributed by atoms with Crippen molar-refractivity contribution in [3.05, 3.63) is 119 Å². The van der Waals surface area contributed by atoms with Gasteiger partial charge < -0.3 is 9.13 Å². The van der Waals surface area contributed by atoms with E-state index in [1.165, 1.54) is 36.0 Å². The number of carbonyl (C=O) groups excluding carboxylic acids is 3. The van der Waals surface area contributed by atoms with Crippen LogP contribution in [0.3, 0.4) is 0 Å². The van der Waals surface area contributed by atoms with Crippen molar-refractivity contribution in [2.24, 2.45) is 7.05 Å². The fourth-order valence-corrected chi connectivity index (χ4v) is 8.40. The Morgan fingerprint density at radius 1 is 0.707 bits per heavy atom. The molecule has 0 fully saturated rings. The summed E-state index contributed by atoms with van der Waals surface area (Å²) in [6.07, 6.45) is 2.35. The lowest BCUT2D eigenvalue weighted by atomic mass is 10.0. The summed E-state index contributed by atoms with van der Waals surface area (Å²) in [6, 6.07) is 31.5. The van der Waals surface area contributed by atoms with Crippen LogP contribution in [0.4, 0.5) is 0 Å². The first-order chi connectivity index (χ1) is 28.1. The predicted molar refractivity (Wildman–Crippen MR) is 233 cm³/mol. The second kappa shape index (κ2) is 18.2. The van der Waals surface area contributed by atoms with Crippen molar-refractivity contribution in [3.8, 4) is 0 Å². The van der Waals surface area contributed by atoms with Gasteiger partial charge in [0.1, 0.15) is 16.8 Å². The van der Waals surface area contributed by atoms with Gasteiger partial charge in [0.25, 0.3) is 0 Å². The van der Waals surface area contributed by atoms with Gasteiger partial charge in [0.15, 0.2) is 22.9 Å². The SMILES string of the molecule is CCCn1c2ccccc2c2nnc(SC(CC)C(=O)Cc3cccc(C(C)=O)c3)nc21.Cc1ccc(CC(=O)CSc2nnc3c4ccccc4n(C)c3n2)cc1. The summed E-state index contributed by atoms with van der Waals surface area (Å²) in [4.78, 5) is 46.3. The van der Waals surface area contributed by atoms with Crippen molar-refractivity contribution in [3.63, 3.8) is 0 Å². The largest absolute Gasteiger partial charge is 0.327 e. The monoisotopic (exact) mass is 808 g/mol. The maximum atomic E-state index is 13.0. The molecule has 0 aliphatic carbocycles. The topological polar surface area (TPSA) is 138 Å². The zero-order valence-corrected chi connectivity index (χ0v) is 34.8. The Labute approximate surface area is 345 Å². The minimum Gasteiger partial charge on any atom is -0.327 e. The number of Topliss-reactive ketones (excluding diaryl/α,β-unsaturated/α-hetero) is 3. The summed E-state index contributed by atoms with van der Waals surface area (Å²) in [6.45, 7) is 8.54. The summed E-state index contributed by atoms with van der Waals surface area (Å²) in [5, 5.41) is 20.2. The number of para-hydroxylation sites is 2. The number of aryl methyl sites for hydroxylation is 3. The van der Waals surface area contributed by atoms with Gasteiger partial charge in [-0.2, -0.15) is 0 Å². The van der Waals surface area contributed by atoms with Gasteiger partial charge in [-0.05, 0) is 56.0 Å². The third-order valence-corrected chi connectivity index (χ3v) is 12.0. The van der Waals surface area contributed by atoms with Gasteiger partial charge in [0.2, 0.25) is 10.3 Å². The number of hydrogen-bond acceptors (Lipinski definition) is 11. The fraction of sp³-hybridized carbons (Fsp3) is 0.267. The van der Waals surface area contributed by atoms with E-state index in [1.807, 2.05) is 104 Å². The first-order valence-corrected chi connectivity index (χ1v) is 21.2. The molecule has 13 heteroatoms. The Morgan fingerprint density at radius 2 is 1.36 bits per heavy atom.